The molecule has 6 nitrogen and oxygen atoms in total. The van der Waals surface area contributed by atoms with Gasteiger partial charge in [0.2, 0.25) is 0 Å². The molecular weight excluding hydrogens is 288 g/mol. The number of nitrogens with one attached hydrogen (secondary N) is 2. The van der Waals surface area contributed by atoms with E-state index < -0.39 is 4.92 Å². The SMILES string of the molecule is CCCCCNC(=S)N/N=C(/C)c1ccc([N+](=O)[O-])cc1. The molecule has 0 amide bonds. The second-order valence-corrected chi connectivity index (χ2v) is 4.98. The molecule has 0 aromatic heterocycles. The number of unbranched alkanes of at least 4 members (excludes halogenated alkanes) is 2. The summed E-state index contributed by atoms with van der Waals surface area (Å²) in [7, 11) is 0. The largest absolute Gasteiger partial charge is 0.361 e. The Kier molecular flexibility index (Phi) is 7.31. The molecule has 0 aliphatic heterocycles. The fourth-order valence-corrected chi connectivity index (χ4v) is 1.79. The number of rotatable bonds is 7. The number of benzene rings is 1. The Morgan fingerprint density at radius 2 is 2.00 bits per heavy atom. The van der Waals surface area contributed by atoms with E-state index in [-0.39, 0.29) is 5.69 Å². The van der Waals surface area contributed by atoms with Crippen LogP contribution in [0.4, 0.5) is 5.69 Å². The van der Waals surface area contributed by atoms with Gasteiger partial charge in [0.05, 0.1) is 10.6 Å². The van der Waals surface area contributed by atoms with Gasteiger partial charge in [0.1, 0.15) is 0 Å². The number of hydrogen-bond acceptors (Lipinski definition) is 4. The second-order valence-electron chi connectivity index (χ2n) is 4.58. The van der Waals surface area contributed by atoms with Gasteiger partial charge in [-0.3, -0.25) is 15.5 Å². The van der Waals surface area contributed by atoms with Gasteiger partial charge in [-0.25, -0.2) is 0 Å². The normalized spacial score (nSPS) is 11.0. The summed E-state index contributed by atoms with van der Waals surface area (Å²) in [5.41, 5.74) is 4.35. The topological polar surface area (TPSA) is 79.6 Å². The number of non-ortho nitro benzene ring substituents is 1. The quantitative estimate of drug-likeness (QED) is 0.266. The predicted molar refractivity (Wildman–Crippen MR) is 88.6 cm³/mol. The van der Waals surface area contributed by atoms with Gasteiger partial charge in [0.25, 0.3) is 5.69 Å². The van der Waals surface area contributed by atoms with E-state index in [2.05, 4.69) is 22.8 Å². The van der Waals surface area contributed by atoms with Crippen LogP contribution in [0.5, 0.6) is 0 Å². The van der Waals surface area contributed by atoms with Gasteiger partial charge in [-0.15, -0.1) is 0 Å². The first-order valence-electron chi connectivity index (χ1n) is 6.87. The zero-order valence-corrected chi connectivity index (χ0v) is 13.1. The highest BCUT2D eigenvalue weighted by Gasteiger charge is 2.05. The van der Waals surface area contributed by atoms with E-state index in [0.717, 1.165) is 18.5 Å². The Morgan fingerprint density at radius 3 is 2.57 bits per heavy atom. The second kappa shape index (κ2) is 9.02. The van der Waals surface area contributed by atoms with Crippen molar-refractivity contribution in [1.29, 1.82) is 0 Å². The van der Waals surface area contributed by atoms with Crippen LogP contribution in [0.15, 0.2) is 29.4 Å². The number of hydrazone groups is 1. The molecule has 0 spiro atoms. The van der Waals surface area contributed by atoms with Crippen molar-refractivity contribution in [2.24, 2.45) is 5.10 Å². The zero-order chi connectivity index (χ0) is 15.7. The Hall–Kier alpha value is -2.02. The maximum absolute atomic E-state index is 10.6. The summed E-state index contributed by atoms with van der Waals surface area (Å²) in [6.07, 6.45) is 3.41. The van der Waals surface area contributed by atoms with E-state index in [0.29, 0.717) is 10.8 Å². The van der Waals surface area contributed by atoms with Gasteiger partial charge < -0.3 is 5.32 Å². The lowest BCUT2D eigenvalue weighted by Crippen LogP contribution is -2.33. The molecule has 0 radical (unpaired) electrons. The molecule has 0 atom stereocenters. The maximum Gasteiger partial charge on any atom is 0.269 e. The van der Waals surface area contributed by atoms with Gasteiger partial charge in [0.15, 0.2) is 5.11 Å². The van der Waals surface area contributed by atoms with Crippen molar-refractivity contribution in [2.75, 3.05) is 6.54 Å². The van der Waals surface area contributed by atoms with E-state index in [1.54, 1.807) is 12.1 Å². The molecule has 114 valence electrons. The van der Waals surface area contributed by atoms with Crippen LogP contribution in [0.3, 0.4) is 0 Å². The molecule has 2 N–H and O–H groups in total. The minimum absolute atomic E-state index is 0.0626. The Labute approximate surface area is 129 Å². The van der Waals surface area contributed by atoms with Crippen LogP contribution in [0.1, 0.15) is 38.7 Å². The smallest absolute Gasteiger partial charge is 0.269 e. The van der Waals surface area contributed by atoms with Crippen LogP contribution in [-0.2, 0) is 0 Å². The average Bonchev–Trinajstić information content (AvgIpc) is 2.49. The first kappa shape index (κ1) is 17.0. The van der Waals surface area contributed by atoms with Crippen LogP contribution in [0.2, 0.25) is 0 Å². The van der Waals surface area contributed by atoms with Gasteiger partial charge in [-0.2, -0.15) is 5.10 Å². The summed E-state index contributed by atoms with van der Waals surface area (Å²) in [6, 6.07) is 6.23. The third-order valence-electron chi connectivity index (χ3n) is 2.89. The number of hydrogen-bond donors (Lipinski definition) is 2. The first-order chi connectivity index (χ1) is 10.0. The molecule has 1 aromatic rings. The van der Waals surface area contributed by atoms with Gasteiger partial charge in [0, 0.05) is 18.7 Å². The highest BCUT2D eigenvalue weighted by atomic mass is 32.1. The van der Waals surface area contributed by atoms with Gasteiger partial charge in [-0.05, 0) is 43.3 Å². The highest BCUT2D eigenvalue weighted by Crippen LogP contribution is 2.12. The Bertz CT molecular complexity index is 514. The van der Waals surface area contributed by atoms with Crippen molar-refractivity contribution >= 4 is 28.7 Å². The lowest BCUT2D eigenvalue weighted by Gasteiger charge is -2.07. The average molecular weight is 308 g/mol. The van der Waals surface area contributed by atoms with Crippen molar-refractivity contribution in [1.82, 2.24) is 10.7 Å². The zero-order valence-electron chi connectivity index (χ0n) is 12.3. The van der Waals surface area contributed by atoms with E-state index in [1.807, 2.05) is 6.92 Å². The molecular formula is C14H20N4O2S. The van der Waals surface area contributed by atoms with Crippen molar-refractivity contribution in [3.05, 3.63) is 39.9 Å². The summed E-state index contributed by atoms with van der Waals surface area (Å²) in [5.74, 6) is 0. The minimum atomic E-state index is -0.427. The van der Waals surface area contributed by atoms with E-state index in [1.165, 1.54) is 25.0 Å². The molecule has 0 bridgehead atoms. The van der Waals surface area contributed by atoms with Crippen molar-refractivity contribution in [3.8, 4) is 0 Å². The van der Waals surface area contributed by atoms with E-state index in [9.17, 15) is 10.1 Å². The summed E-state index contributed by atoms with van der Waals surface area (Å²) in [4.78, 5) is 10.2. The predicted octanol–water partition coefficient (Wildman–Crippen LogP) is 2.97. The van der Waals surface area contributed by atoms with Crippen LogP contribution in [-0.4, -0.2) is 22.3 Å². The van der Waals surface area contributed by atoms with Gasteiger partial charge in [-0.1, -0.05) is 19.8 Å². The Balaban J connectivity index is 2.48. The van der Waals surface area contributed by atoms with Crippen LogP contribution in [0.25, 0.3) is 0 Å². The fraction of sp³-hybridized carbons (Fsp3) is 0.429. The van der Waals surface area contributed by atoms with Crippen LogP contribution < -0.4 is 10.7 Å². The molecule has 0 fully saturated rings. The van der Waals surface area contributed by atoms with Crippen molar-refractivity contribution < 1.29 is 4.92 Å². The third-order valence-corrected chi connectivity index (χ3v) is 3.12. The summed E-state index contributed by atoms with van der Waals surface area (Å²) in [5, 5.41) is 18.3. The summed E-state index contributed by atoms with van der Waals surface area (Å²) >= 11 is 5.11. The summed E-state index contributed by atoms with van der Waals surface area (Å²) < 4.78 is 0. The van der Waals surface area contributed by atoms with E-state index >= 15 is 0 Å². The lowest BCUT2D eigenvalue weighted by atomic mass is 10.1. The fourth-order valence-electron chi connectivity index (χ4n) is 1.64. The molecule has 1 rings (SSSR count). The molecule has 0 unspecified atom stereocenters. The maximum atomic E-state index is 10.6. The Morgan fingerprint density at radius 1 is 1.33 bits per heavy atom. The minimum Gasteiger partial charge on any atom is -0.361 e. The molecule has 0 heterocycles. The van der Waals surface area contributed by atoms with Crippen LogP contribution >= 0.6 is 12.2 Å². The molecule has 7 heteroatoms. The number of nitro benzene ring substituents is 1. The lowest BCUT2D eigenvalue weighted by molar-refractivity contribution is -0.384. The molecule has 1 aromatic carbocycles. The molecule has 0 aliphatic rings. The molecule has 21 heavy (non-hydrogen) atoms. The number of nitro groups is 1. The number of nitrogens with zero attached hydrogens (tertiary/aromatic N) is 2. The molecule has 0 aliphatic carbocycles. The third kappa shape index (κ3) is 6.31. The molecule has 0 saturated heterocycles. The first-order valence-corrected chi connectivity index (χ1v) is 7.28. The van der Waals surface area contributed by atoms with Crippen molar-refractivity contribution in [2.45, 2.75) is 33.1 Å². The van der Waals surface area contributed by atoms with E-state index in [4.69, 9.17) is 12.2 Å². The van der Waals surface area contributed by atoms with Gasteiger partial charge >= 0.3 is 0 Å². The highest BCUT2D eigenvalue weighted by molar-refractivity contribution is 7.80. The number of thiocarbonyl (C=S) groups is 1. The monoisotopic (exact) mass is 308 g/mol. The van der Waals surface area contributed by atoms with Crippen molar-refractivity contribution in [3.63, 3.8) is 0 Å². The molecule has 0 saturated carbocycles. The summed E-state index contributed by atoms with van der Waals surface area (Å²) in [6.45, 7) is 4.79. The standard InChI is InChI=1S/C14H20N4O2S/c1-3-4-5-10-15-14(21)17-16-11(2)12-6-8-13(9-7-12)18(19)20/h6-9H,3-5,10H2,1-2H3,(H2,15,17,21)/b16-11-. The van der Waals surface area contributed by atoms with Crippen LogP contribution in [0, 0.1) is 10.1 Å².